The molecule has 2 N–H and O–H groups in total. The quantitative estimate of drug-likeness (QED) is 0.165. The molecule has 1 aliphatic carbocycles. The predicted octanol–water partition coefficient (Wildman–Crippen LogP) is 9.37. The summed E-state index contributed by atoms with van der Waals surface area (Å²) in [5.41, 5.74) is 5.15. The van der Waals surface area contributed by atoms with E-state index in [1.165, 1.54) is 5.56 Å². The number of benzene rings is 3. The number of carboxylic acid groups (broad SMARTS) is 1. The van der Waals surface area contributed by atoms with Gasteiger partial charge in [-0.2, -0.15) is 11.8 Å². The van der Waals surface area contributed by atoms with E-state index in [0.717, 1.165) is 64.7 Å². The minimum Gasteiger partial charge on any atom is -0.481 e. The van der Waals surface area contributed by atoms with Crippen LogP contribution in [0.2, 0.25) is 5.02 Å². The first-order valence-electron chi connectivity index (χ1n) is 14.1. The van der Waals surface area contributed by atoms with Crippen molar-refractivity contribution in [3.63, 3.8) is 0 Å². The number of fused-ring (bicyclic) bond motifs is 1. The number of aliphatic hydroxyl groups is 1. The Labute approximate surface area is 263 Å². The minimum atomic E-state index is -0.911. The third kappa shape index (κ3) is 8.38. The molecule has 1 heterocycles. The Morgan fingerprint density at radius 1 is 1.05 bits per heavy atom. The molecule has 1 fully saturated rings. The Hall–Kier alpha value is -2.83. The molecule has 1 aliphatic rings. The highest BCUT2D eigenvalue weighted by Crippen LogP contribution is 2.53. The van der Waals surface area contributed by atoms with E-state index in [1.807, 2.05) is 74.1 Å². The average molecular weight is 623 g/mol. The molecule has 1 atom stereocenters. The van der Waals surface area contributed by atoms with Crippen LogP contribution in [0.3, 0.4) is 0 Å². The predicted molar refractivity (Wildman–Crippen MR) is 178 cm³/mol. The maximum atomic E-state index is 11.5. The fourth-order valence-electron chi connectivity index (χ4n) is 5.36. The van der Waals surface area contributed by atoms with Crippen molar-refractivity contribution in [2.45, 2.75) is 56.8 Å². The molecular formula is C35H37Cl2NO3S. The Morgan fingerprint density at radius 2 is 1.81 bits per heavy atom. The summed E-state index contributed by atoms with van der Waals surface area (Å²) in [7, 11) is 0. The van der Waals surface area contributed by atoms with Gasteiger partial charge in [-0.1, -0.05) is 78.3 Å². The van der Waals surface area contributed by atoms with Crippen molar-refractivity contribution in [1.82, 2.24) is 4.98 Å². The number of carboxylic acids is 1. The molecule has 0 aliphatic heterocycles. The van der Waals surface area contributed by atoms with E-state index in [-0.39, 0.29) is 29.5 Å². The maximum absolute atomic E-state index is 11.5. The van der Waals surface area contributed by atoms with Gasteiger partial charge in [0, 0.05) is 21.4 Å². The summed E-state index contributed by atoms with van der Waals surface area (Å²) >= 11 is 8.04. The lowest BCUT2D eigenvalue weighted by Crippen LogP contribution is -2.18. The van der Waals surface area contributed by atoms with Crippen LogP contribution < -0.4 is 0 Å². The van der Waals surface area contributed by atoms with Gasteiger partial charge in [0.15, 0.2) is 0 Å². The lowest BCUT2D eigenvalue weighted by atomic mass is 9.90. The largest absolute Gasteiger partial charge is 0.481 e. The van der Waals surface area contributed by atoms with Crippen molar-refractivity contribution in [2.75, 3.05) is 5.75 Å². The van der Waals surface area contributed by atoms with Gasteiger partial charge < -0.3 is 10.2 Å². The summed E-state index contributed by atoms with van der Waals surface area (Å²) in [4.78, 5) is 16.2. The fourth-order valence-corrected chi connectivity index (χ4v) is 7.09. The van der Waals surface area contributed by atoms with E-state index in [2.05, 4.69) is 42.5 Å². The van der Waals surface area contributed by atoms with Crippen molar-refractivity contribution in [3.8, 4) is 0 Å². The number of halogens is 2. The molecule has 4 aromatic rings. The van der Waals surface area contributed by atoms with Gasteiger partial charge in [0.2, 0.25) is 0 Å². The number of aliphatic carboxylic acids is 1. The summed E-state index contributed by atoms with van der Waals surface area (Å²) in [6.07, 6.45) is 8.02. The molecule has 0 spiro atoms. The summed E-state index contributed by atoms with van der Waals surface area (Å²) in [6, 6.07) is 26.5. The topological polar surface area (TPSA) is 70.4 Å². The van der Waals surface area contributed by atoms with Crippen LogP contribution in [0.4, 0.5) is 0 Å². The molecule has 1 saturated carbocycles. The molecule has 0 bridgehead atoms. The highest BCUT2D eigenvalue weighted by Gasteiger charge is 2.44. The zero-order valence-electron chi connectivity index (χ0n) is 23.9. The molecule has 42 heavy (non-hydrogen) atoms. The van der Waals surface area contributed by atoms with E-state index in [9.17, 15) is 15.0 Å². The number of nitrogens with zero attached hydrogens (tertiary/aromatic N) is 1. The molecule has 1 unspecified atom stereocenters. The fraction of sp³-hybridized carbons (Fsp3) is 0.314. The molecule has 0 radical (unpaired) electrons. The van der Waals surface area contributed by atoms with Gasteiger partial charge in [-0.15, -0.1) is 12.4 Å². The second-order valence-corrected chi connectivity index (χ2v) is 13.3. The molecule has 1 aromatic heterocycles. The second-order valence-electron chi connectivity index (χ2n) is 11.7. The van der Waals surface area contributed by atoms with Crippen LogP contribution in [-0.2, 0) is 16.8 Å². The van der Waals surface area contributed by atoms with Crippen molar-refractivity contribution >= 4 is 64.8 Å². The van der Waals surface area contributed by atoms with Gasteiger partial charge >= 0.3 is 5.97 Å². The summed E-state index contributed by atoms with van der Waals surface area (Å²) in [6.45, 7) is 3.66. The molecule has 5 rings (SSSR count). The van der Waals surface area contributed by atoms with Gasteiger partial charge in [0.1, 0.15) is 0 Å². The standard InChI is InChI=1S/C35H36ClNO3S.ClH/c1-34(2,40)30-9-4-3-7-25(30)13-17-32(41-23-35(18-19-35)22-33(38)39)27-8-5-6-24(20-27)10-15-29-16-12-26-11-14-28(36)21-31(26)37-29;/h3-12,14-16,20-21,32,40H,13,17-19,22-23H2,1-2H3,(H,38,39);1H. The number of hydrogen-bond donors (Lipinski definition) is 2. The maximum Gasteiger partial charge on any atom is 0.303 e. The van der Waals surface area contributed by atoms with E-state index in [0.29, 0.717) is 5.02 Å². The monoisotopic (exact) mass is 621 g/mol. The number of thioether (sulfide) groups is 1. The van der Waals surface area contributed by atoms with Crippen LogP contribution in [0.15, 0.2) is 78.9 Å². The number of pyridine rings is 1. The summed E-state index contributed by atoms with van der Waals surface area (Å²) in [5, 5.41) is 22.1. The Bertz CT molecular complexity index is 1580. The van der Waals surface area contributed by atoms with Gasteiger partial charge in [0.05, 0.1) is 23.2 Å². The first-order valence-corrected chi connectivity index (χ1v) is 15.5. The van der Waals surface area contributed by atoms with E-state index in [4.69, 9.17) is 16.6 Å². The van der Waals surface area contributed by atoms with Crippen molar-refractivity contribution < 1.29 is 15.0 Å². The average Bonchev–Trinajstić information content (AvgIpc) is 3.70. The van der Waals surface area contributed by atoms with Crippen LogP contribution in [0.5, 0.6) is 0 Å². The number of hydrogen-bond acceptors (Lipinski definition) is 4. The lowest BCUT2D eigenvalue weighted by molar-refractivity contribution is -0.138. The van der Waals surface area contributed by atoms with Gasteiger partial charge in [0.25, 0.3) is 0 Å². The smallest absolute Gasteiger partial charge is 0.303 e. The Kier molecular flexibility index (Phi) is 10.4. The third-order valence-corrected chi connectivity index (χ3v) is 9.76. The lowest BCUT2D eigenvalue weighted by Gasteiger charge is -2.24. The highest BCUT2D eigenvalue weighted by molar-refractivity contribution is 7.99. The summed E-state index contributed by atoms with van der Waals surface area (Å²) in [5.74, 6) is 0.122. The SMILES string of the molecule is CC(C)(O)c1ccccc1CCC(SCC1(CC(=O)O)CC1)c1cccc(C=Cc2ccc3ccc(Cl)cc3n2)c1.Cl. The molecule has 0 saturated heterocycles. The Morgan fingerprint density at radius 3 is 2.55 bits per heavy atom. The van der Waals surface area contributed by atoms with Crippen molar-refractivity contribution in [3.05, 3.63) is 112 Å². The molecule has 220 valence electrons. The zero-order valence-corrected chi connectivity index (χ0v) is 26.3. The number of rotatable bonds is 12. The van der Waals surface area contributed by atoms with E-state index in [1.54, 1.807) is 0 Å². The number of carbonyl (C=O) groups is 1. The van der Waals surface area contributed by atoms with Crippen LogP contribution in [0.25, 0.3) is 23.1 Å². The molecule has 3 aromatic carbocycles. The van der Waals surface area contributed by atoms with Crippen LogP contribution >= 0.6 is 35.8 Å². The van der Waals surface area contributed by atoms with Crippen molar-refractivity contribution in [1.29, 1.82) is 0 Å². The van der Waals surface area contributed by atoms with Gasteiger partial charge in [-0.05, 0) is 91.5 Å². The molecular weight excluding hydrogens is 585 g/mol. The summed E-state index contributed by atoms with van der Waals surface area (Å²) < 4.78 is 0. The van der Waals surface area contributed by atoms with Crippen LogP contribution in [0, 0.1) is 5.41 Å². The van der Waals surface area contributed by atoms with Crippen LogP contribution in [0.1, 0.15) is 72.7 Å². The third-order valence-electron chi connectivity index (χ3n) is 7.83. The van der Waals surface area contributed by atoms with Gasteiger partial charge in [-0.25, -0.2) is 4.98 Å². The van der Waals surface area contributed by atoms with E-state index < -0.39 is 11.6 Å². The van der Waals surface area contributed by atoms with Gasteiger partial charge in [-0.3, -0.25) is 4.79 Å². The number of aryl methyl sites for hydroxylation is 1. The highest BCUT2D eigenvalue weighted by atomic mass is 35.5. The Balaban J connectivity index is 0.00000405. The normalized spacial score (nSPS) is 15.0. The zero-order chi connectivity index (χ0) is 29.0. The molecule has 4 nitrogen and oxygen atoms in total. The van der Waals surface area contributed by atoms with Crippen LogP contribution in [-0.4, -0.2) is 26.9 Å². The second kappa shape index (κ2) is 13.6. The minimum absolute atomic E-state index is 0. The number of aromatic nitrogens is 1. The van der Waals surface area contributed by atoms with Crippen molar-refractivity contribution in [2.24, 2.45) is 5.41 Å². The van der Waals surface area contributed by atoms with E-state index >= 15 is 0 Å². The first kappa shape index (κ1) is 32.1. The first-order chi connectivity index (χ1) is 19.6. The molecule has 7 heteroatoms. The molecule has 0 amide bonds.